The molecule has 7 nitrogen and oxygen atoms in total. The Hall–Kier alpha value is -2.32. The molecule has 1 amide bonds. The molecule has 0 aliphatic rings. The van der Waals surface area contributed by atoms with Crippen molar-refractivity contribution in [3.8, 4) is 0 Å². The van der Waals surface area contributed by atoms with Crippen molar-refractivity contribution < 1.29 is 14.3 Å². The maximum atomic E-state index is 11.9. The standard InChI is InChI=1S/C20H30N4O3S/c1-5-21-19(23-10-7-9-22-18(25)17-8-6-11-28-17)24-13-20(4,26)16-12-14(2)27-15(16)3/h6,8,11-12,26H,5,7,9-10,13H2,1-4H3,(H,22,25)(H2,21,23,24). The van der Waals surface area contributed by atoms with Crippen LogP contribution in [0.2, 0.25) is 0 Å². The Bertz CT molecular complexity index is 781. The van der Waals surface area contributed by atoms with Crippen molar-refractivity contribution in [1.82, 2.24) is 16.0 Å². The van der Waals surface area contributed by atoms with Crippen molar-refractivity contribution in [2.45, 2.75) is 39.7 Å². The maximum Gasteiger partial charge on any atom is 0.261 e. The number of guanidine groups is 1. The molecule has 1 atom stereocenters. The number of rotatable bonds is 9. The van der Waals surface area contributed by atoms with Crippen LogP contribution < -0.4 is 16.0 Å². The Labute approximate surface area is 170 Å². The maximum absolute atomic E-state index is 11.9. The Morgan fingerprint density at radius 2 is 2.04 bits per heavy atom. The van der Waals surface area contributed by atoms with Gasteiger partial charge in [0.1, 0.15) is 17.1 Å². The second-order valence-electron chi connectivity index (χ2n) is 6.81. The number of carbonyl (C=O) groups is 1. The smallest absolute Gasteiger partial charge is 0.261 e. The summed E-state index contributed by atoms with van der Waals surface area (Å²) in [6.45, 7) is 9.58. The van der Waals surface area contributed by atoms with Gasteiger partial charge >= 0.3 is 0 Å². The van der Waals surface area contributed by atoms with Gasteiger partial charge < -0.3 is 25.5 Å². The number of thiophene rings is 1. The Kier molecular flexibility index (Phi) is 8.07. The zero-order chi connectivity index (χ0) is 20.6. The van der Waals surface area contributed by atoms with E-state index in [9.17, 15) is 9.90 Å². The number of hydrogen-bond donors (Lipinski definition) is 4. The molecule has 28 heavy (non-hydrogen) atoms. The first-order chi connectivity index (χ1) is 13.3. The highest BCUT2D eigenvalue weighted by molar-refractivity contribution is 7.12. The van der Waals surface area contributed by atoms with E-state index < -0.39 is 5.60 Å². The molecule has 0 bridgehead atoms. The van der Waals surface area contributed by atoms with Crippen LogP contribution in [-0.2, 0) is 5.60 Å². The van der Waals surface area contributed by atoms with Crippen LogP contribution in [0.5, 0.6) is 0 Å². The Balaban J connectivity index is 1.81. The summed E-state index contributed by atoms with van der Waals surface area (Å²) in [4.78, 5) is 17.1. The molecular weight excluding hydrogens is 376 g/mol. The normalized spacial score (nSPS) is 13.8. The highest BCUT2D eigenvalue weighted by Gasteiger charge is 2.27. The lowest BCUT2D eigenvalue weighted by Crippen LogP contribution is -2.40. The summed E-state index contributed by atoms with van der Waals surface area (Å²) in [6, 6.07) is 5.52. The van der Waals surface area contributed by atoms with Crippen LogP contribution in [0.25, 0.3) is 0 Å². The third kappa shape index (κ3) is 6.38. The monoisotopic (exact) mass is 406 g/mol. The van der Waals surface area contributed by atoms with E-state index in [1.54, 1.807) is 6.92 Å². The van der Waals surface area contributed by atoms with Crippen LogP contribution >= 0.6 is 11.3 Å². The molecule has 0 saturated carbocycles. The van der Waals surface area contributed by atoms with Crippen molar-refractivity contribution in [3.63, 3.8) is 0 Å². The first kappa shape index (κ1) is 22.0. The third-order valence-electron chi connectivity index (χ3n) is 4.19. The van der Waals surface area contributed by atoms with Crippen molar-refractivity contribution in [2.24, 2.45) is 4.99 Å². The summed E-state index contributed by atoms with van der Waals surface area (Å²) < 4.78 is 5.52. The second-order valence-corrected chi connectivity index (χ2v) is 7.76. The molecule has 0 aliphatic heterocycles. The number of nitrogens with one attached hydrogen (secondary N) is 3. The van der Waals surface area contributed by atoms with Gasteiger partial charge in [-0.05, 0) is 51.6 Å². The predicted octanol–water partition coefficient (Wildman–Crippen LogP) is 2.54. The number of nitrogens with zero attached hydrogens (tertiary/aromatic N) is 1. The first-order valence-corrected chi connectivity index (χ1v) is 10.3. The molecule has 2 aromatic rings. The summed E-state index contributed by atoms with van der Waals surface area (Å²) >= 11 is 1.43. The number of hydrogen-bond acceptors (Lipinski definition) is 5. The van der Waals surface area contributed by atoms with Crippen LogP contribution in [0.4, 0.5) is 0 Å². The molecule has 154 valence electrons. The van der Waals surface area contributed by atoms with E-state index in [0.29, 0.717) is 31.4 Å². The topological polar surface area (TPSA) is 98.9 Å². The SMILES string of the molecule is CCNC(=NCC(C)(O)c1cc(C)oc1C)NCCCNC(=O)c1cccs1. The molecule has 8 heteroatoms. The predicted molar refractivity (Wildman–Crippen MR) is 113 cm³/mol. The summed E-state index contributed by atoms with van der Waals surface area (Å²) in [5.74, 6) is 2.06. The van der Waals surface area contributed by atoms with E-state index in [2.05, 4.69) is 20.9 Å². The molecule has 2 heterocycles. The molecular formula is C20H30N4O3S. The zero-order valence-electron chi connectivity index (χ0n) is 17.0. The molecule has 2 rings (SSSR count). The average Bonchev–Trinajstić information content (AvgIpc) is 3.29. The van der Waals surface area contributed by atoms with Crippen LogP contribution in [0.3, 0.4) is 0 Å². The molecule has 0 aliphatic carbocycles. The molecule has 0 radical (unpaired) electrons. The van der Waals surface area contributed by atoms with Gasteiger partial charge in [0.2, 0.25) is 0 Å². The summed E-state index contributed by atoms with van der Waals surface area (Å²) in [5.41, 5.74) is -0.361. The molecule has 2 aromatic heterocycles. The number of aliphatic imine (C=N–C) groups is 1. The van der Waals surface area contributed by atoms with E-state index in [1.807, 2.05) is 44.4 Å². The van der Waals surface area contributed by atoms with Gasteiger partial charge in [-0.15, -0.1) is 11.3 Å². The number of amides is 1. The van der Waals surface area contributed by atoms with Gasteiger partial charge in [-0.25, -0.2) is 4.99 Å². The fraction of sp³-hybridized carbons (Fsp3) is 0.500. The van der Waals surface area contributed by atoms with Gasteiger partial charge in [-0.3, -0.25) is 4.79 Å². The van der Waals surface area contributed by atoms with Crippen molar-refractivity contribution in [1.29, 1.82) is 0 Å². The van der Waals surface area contributed by atoms with Crippen molar-refractivity contribution >= 4 is 23.2 Å². The van der Waals surface area contributed by atoms with E-state index >= 15 is 0 Å². The number of furan rings is 1. The minimum absolute atomic E-state index is 0.0441. The van der Waals surface area contributed by atoms with Crippen LogP contribution in [0.1, 0.15) is 47.0 Å². The van der Waals surface area contributed by atoms with Crippen LogP contribution in [0, 0.1) is 13.8 Å². The molecule has 0 fully saturated rings. The Morgan fingerprint density at radius 3 is 2.64 bits per heavy atom. The van der Waals surface area contributed by atoms with E-state index in [0.717, 1.165) is 22.6 Å². The first-order valence-electron chi connectivity index (χ1n) is 9.47. The van der Waals surface area contributed by atoms with Crippen molar-refractivity contribution in [3.05, 3.63) is 45.5 Å². The fourth-order valence-electron chi connectivity index (χ4n) is 2.82. The summed E-state index contributed by atoms with van der Waals surface area (Å²) in [6.07, 6.45) is 0.762. The lowest BCUT2D eigenvalue weighted by atomic mass is 9.96. The van der Waals surface area contributed by atoms with Crippen LogP contribution in [-0.4, -0.2) is 43.2 Å². The third-order valence-corrected chi connectivity index (χ3v) is 5.06. The van der Waals surface area contributed by atoms with Gasteiger partial charge in [-0.2, -0.15) is 0 Å². The molecule has 4 N–H and O–H groups in total. The van der Waals surface area contributed by atoms with E-state index in [1.165, 1.54) is 11.3 Å². The highest BCUT2D eigenvalue weighted by Crippen LogP contribution is 2.27. The molecule has 0 saturated heterocycles. The minimum Gasteiger partial charge on any atom is -0.466 e. The van der Waals surface area contributed by atoms with Crippen LogP contribution in [0.15, 0.2) is 33.0 Å². The highest BCUT2D eigenvalue weighted by atomic mass is 32.1. The largest absolute Gasteiger partial charge is 0.466 e. The quantitative estimate of drug-likeness (QED) is 0.291. The fourth-order valence-corrected chi connectivity index (χ4v) is 3.46. The average molecular weight is 407 g/mol. The van der Waals surface area contributed by atoms with E-state index in [4.69, 9.17) is 4.42 Å². The Morgan fingerprint density at radius 1 is 1.29 bits per heavy atom. The number of carbonyl (C=O) groups excluding carboxylic acids is 1. The lowest BCUT2D eigenvalue weighted by molar-refractivity contribution is 0.0656. The minimum atomic E-state index is -1.11. The summed E-state index contributed by atoms with van der Waals surface area (Å²) in [7, 11) is 0. The molecule has 0 spiro atoms. The van der Waals surface area contributed by atoms with Gasteiger partial charge in [0.15, 0.2) is 5.96 Å². The molecule has 0 aromatic carbocycles. The van der Waals surface area contributed by atoms with Gasteiger partial charge in [-0.1, -0.05) is 6.07 Å². The van der Waals surface area contributed by atoms with Gasteiger partial charge in [0.05, 0.1) is 11.4 Å². The second kappa shape index (κ2) is 10.3. The van der Waals surface area contributed by atoms with E-state index in [-0.39, 0.29) is 12.5 Å². The van der Waals surface area contributed by atoms with Gasteiger partial charge in [0, 0.05) is 25.2 Å². The van der Waals surface area contributed by atoms with Gasteiger partial charge in [0.25, 0.3) is 5.91 Å². The zero-order valence-corrected chi connectivity index (χ0v) is 17.8. The lowest BCUT2D eigenvalue weighted by Gasteiger charge is -2.21. The number of aryl methyl sites for hydroxylation is 2. The number of aliphatic hydroxyl groups is 1. The summed E-state index contributed by atoms with van der Waals surface area (Å²) in [5, 5.41) is 22.0. The van der Waals surface area contributed by atoms with Crippen molar-refractivity contribution in [2.75, 3.05) is 26.2 Å². The molecule has 1 unspecified atom stereocenters.